The monoisotopic (exact) mass is 334 g/mol. The topological polar surface area (TPSA) is 79.0 Å². The molecule has 0 bridgehead atoms. The Kier molecular flexibility index (Phi) is 3.95. The number of ketones is 1. The molecule has 0 saturated carbocycles. The van der Waals surface area contributed by atoms with Crippen LogP contribution >= 0.6 is 0 Å². The van der Waals surface area contributed by atoms with Gasteiger partial charge in [0.25, 0.3) is 0 Å². The molecule has 6 heteroatoms. The van der Waals surface area contributed by atoms with Gasteiger partial charge in [0.1, 0.15) is 12.4 Å². The number of hydrogen-bond acceptors (Lipinski definition) is 5. The third-order valence-electron chi connectivity index (χ3n) is 4.18. The molecule has 0 saturated heterocycles. The first kappa shape index (κ1) is 15.4. The second-order valence-electron chi connectivity index (χ2n) is 5.82. The van der Waals surface area contributed by atoms with Crippen LogP contribution in [0.1, 0.15) is 16.1 Å². The highest BCUT2D eigenvalue weighted by molar-refractivity contribution is 6.07. The quantitative estimate of drug-likeness (QED) is 0.680. The highest BCUT2D eigenvalue weighted by Gasteiger charge is 2.27. The summed E-state index contributed by atoms with van der Waals surface area (Å²) in [6, 6.07) is 13.7. The minimum atomic E-state index is -0.0231. The van der Waals surface area contributed by atoms with E-state index in [2.05, 4.69) is 20.6 Å². The molecule has 2 aromatic heterocycles. The Labute approximate surface area is 145 Å². The summed E-state index contributed by atoms with van der Waals surface area (Å²) in [5.41, 5.74) is 4.97. The summed E-state index contributed by atoms with van der Waals surface area (Å²) in [5, 5.41) is 6.44. The van der Waals surface area contributed by atoms with E-state index in [1.165, 1.54) is 0 Å². The second-order valence-corrected chi connectivity index (χ2v) is 5.82. The molecule has 0 fully saturated rings. The molecule has 3 aromatic rings. The number of ether oxygens (including phenoxy) is 1. The molecule has 1 aliphatic rings. The van der Waals surface area contributed by atoms with Crippen molar-refractivity contribution in [2.45, 2.75) is 6.61 Å². The normalized spacial score (nSPS) is 13.4. The number of para-hydroxylation sites is 1. The summed E-state index contributed by atoms with van der Waals surface area (Å²) in [6.45, 7) is 0.500. The number of carbonyl (C=O) groups excluding carboxylic acids is 1. The molecule has 6 nitrogen and oxygen atoms in total. The van der Waals surface area contributed by atoms with Crippen molar-refractivity contribution >= 4 is 23.0 Å². The number of H-pyrrole nitrogens is 1. The average Bonchev–Trinajstić information content (AvgIpc) is 3.02. The number of Topliss-reactive ketones (excluding diaryl/α,β-unsaturated/α-hetero) is 1. The first-order valence-corrected chi connectivity index (χ1v) is 8.08. The molecule has 126 valence electrons. The van der Waals surface area contributed by atoms with Gasteiger partial charge in [0.2, 0.25) is 0 Å². The van der Waals surface area contributed by atoms with Crippen LogP contribution in [0, 0.1) is 0 Å². The van der Waals surface area contributed by atoms with Crippen LogP contribution < -0.4 is 10.6 Å². The van der Waals surface area contributed by atoms with Crippen molar-refractivity contribution in [2.75, 3.05) is 24.3 Å². The number of rotatable bonds is 4. The molecule has 0 aliphatic carbocycles. The van der Waals surface area contributed by atoms with E-state index < -0.39 is 0 Å². The fourth-order valence-electron chi connectivity index (χ4n) is 3.02. The predicted octanol–water partition coefficient (Wildman–Crippen LogP) is 3.57. The molecule has 1 aromatic carbocycles. The number of aromatic amines is 1. The highest BCUT2D eigenvalue weighted by atomic mass is 16.5. The van der Waals surface area contributed by atoms with Crippen LogP contribution in [0.25, 0.3) is 11.3 Å². The summed E-state index contributed by atoms with van der Waals surface area (Å²) in [5.74, 6) is 0.739. The number of nitrogens with zero attached hydrogens (tertiary/aromatic N) is 1. The maximum Gasteiger partial charge on any atom is 0.192 e. The van der Waals surface area contributed by atoms with Crippen LogP contribution in [0.3, 0.4) is 0 Å². The SMILES string of the molecule is CNc1cc(-c2[nH]c3c(c2Nc2ccccc2)C(=O)COC3)ccn1. The van der Waals surface area contributed by atoms with Gasteiger partial charge in [-0.1, -0.05) is 18.2 Å². The number of aromatic nitrogens is 2. The molecule has 0 radical (unpaired) electrons. The lowest BCUT2D eigenvalue weighted by Crippen LogP contribution is -2.18. The maximum absolute atomic E-state index is 12.5. The van der Waals surface area contributed by atoms with E-state index in [0.717, 1.165) is 34.1 Å². The summed E-state index contributed by atoms with van der Waals surface area (Å²) < 4.78 is 5.37. The minimum absolute atomic E-state index is 0.0231. The molecule has 0 spiro atoms. The maximum atomic E-state index is 12.5. The Morgan fingerprint density at radius 1 is 1.16 bits per heavy atom. The summed E-state index contributed by atoms with van der Waals surface area (Å²) in [4.78, 5) is 20.1. The number of nitrogens with one attached hydrogen (secondary N) is 3. The third kappa shape index (κ3) is 2.88. The zero-order chi connectivity index (χ0) is 17.2. The van der Waals surface area contributed by atoms with E-state index in [-0.39, 0.29) is 12.4 Å². The molecule has 0 unspecified atom stereocenters. The third-order valence-corrected chi connectivity index (χ3v) is 4.18. The Morgan fingerprint density at radius 2 is 2.00 bits per heavy atom. The Bertz CT molecular complexity index is 918. The molecular formula is C19H18N4O2. The minimum Gasteiger partial charge on any atom is -0.373 e. The lowest BCUT2D eigenvalue weighted by atomic mass is 10.0. The Morgan fingerprint density at radius 3 is 2.80 bits per heavy atom. The molecule has 1 aliphatic heterocycles. The zero-order valence-corrected chi connectivity index (χ0v) is 13.8. The smallest absolute Gasteiger partial charge is 0.192 e. The number of pyridine rings is 1. The van der Waals surface area contributed by atoms with Crippen LogP contribution in [0.15, 0.2) is 48.7 Å². The predicted molar refractivity (Wildman–Crippen MR) is 97.3 cm³/mol. The Balaban J connectivity index is 1.87. The number of benzene rings is 1. The van der Waals surface area contributed by atoms with Crippen molar-refractivity contribution in [2.24, 2.45) is 0 Å². The van der Waals surface area contributed by atoms with Crippen molar-refractivity contribution in [1.29, 1.82) is 0 Å². The molecule has 3 N–H and O–H groups in total. The Hall–Kier alpha value is -3.12. The van der Waals surface area contributed by atoms with Crippen LogP contribution in [0.4, 0.5) is 17.2 Å². The average molecular weight is 334 g/mol. The van der Waals surface area contributed by atoms with Crippen LogP contribution in [0.5, 0.6) is 0 Å². The molecule has 25 heavy (non-hydrogen) atoms. The highest BCUT2D eigenvalue weighted by Crippen LogP contribution is 2.37. The van der Waals surface area contributed by atoms with Gasteiger partial charge in [0.05, 0.1) is 29.2 Å². The largest absolute Gasteiger partial charge is 0.373 e. The zero-order valence-electron chi connectivity index (χ0n) is 13.8. The molecule has 0 amide bonds. The van der Waals surface area contributed by atoms with Crippen LogP contribution in [0.2, 0.25) is 0 Å². The van der Waals surface area contributed by atoms with Gasteiger partial charge in [0, 0.05) is 24.5 Å². The van der Waals surface area contributed by atoms with Gasteiger partial charge in [-0.3, -0.25) is 4.79 Å². The number of fused-ring (bicyclic) bond motifs is 1. The van der Waals surface area contributed by atoms with Crippen molar-refractivity contribution in [1.82, 2.24) is 9.97 Å². The van der Waals surface area contributed by atoms with Gasteiger partial charge in [0.15, 0.2) is 5.78 Å². The van der Waals surface area contributed by atoms with Crippen LogP contribution in [-0.4, -0.2) is 29.4 Å². The number of carbonyl (C=O) groups is 1. The lowest BCUT2D eigenvalue weighted by Gasteiger charge is -2.14. The van der Waals surface area contributed by atoms with E-state index >= 15 is 0 Å². The van der Waals surface area contributed by atoms with Crippen molar-refractivity contribution in [3.8, 4) is 11.3 Å². The fourth-order valence-corrected chi connectivity index (χ4v) is 3.02. The van der Waals surface area contributed by atoms with Gasteiger partial charge >= 0.3 is 0 Å². The van der Waals surface area contributed by atoms with E-state index in [0.29, 0.717) is 12.2 Å². The van der Waals surface area contributed by atoms with E-state index in [9.17, 15) is 4.79 Å². The first-order valence-electron chi connectivity index (χ1n) is 8.08. The van der Waals surface area contributed by atoms with Gasteiger partial charge in [-0.25, -0.2) is 4.98 Å². The van der Waals surface area contributed by atoms with Crippen molar-refractivity contribution in [3.05, 3.63) is 59.9 Å². The van der Waals surface area contributed by atoms with E-state index in [4.69, 9.17) is 4.74 Å². The fraction of sp³-hybridized carbons (Fsp3) is 0.158. The molecule has 0 atom stereocenters. The van der Waals surface area contributed by atoms with E-state index in [1.54, 1.807) is 6.20 Å². The van der Waals surface area contributed by atoms with E-state index in [1.807, 2.05) is 49.5 Å². The first-order chi connectivity index (χ1) is 12.3. The van der Waals surface area contributed by atoms with Gasteiger partial charge in [-0.05, 0) is 24.3 Å². The molecule has 4 rings (SSSR count). The molecular weight excluding hydrogens is 316 g/mol. The summed E-state index contributed by atoms with van der Waals surface area (Å²) >= 11 is 0. The lowest BCUT2D eigenvalue weighted by molar-refractivity contribution is 0.0660. The number of hydrogen-bond donors (Lipinski definition) is 3. The van der Waals surface area contributed by atoms with Gasteiger partial charge < -0.3 is 20.4 Å². The standard InChI is InChI=1S/C19H18N4O2/c1-20-16-9-12(7-8-21-16)18-19(22-13-5-3-2-4-6-13)17-14(23-18)10-25-11-15(17)24/h2-9,22-23H,10-11H2,1H3,(H,20,21). The summed E-state index contributed by atoms with van der Waals surface area (Å²) in [6.07, 6.45) is 1.74. The van der Waals surface area contributed by atoms with Gasteiger partial charge in [-0.2, -0.15) is 0 Å². The second kappa shape index (κ2) is 6.41. The molecule has 3 heterocycles. The summed E-state index contributed by atoms with van der Waals surface area (Å²) in [7, 11) is 1.83. The number of anilines is 3. The van der Waals surface area contributed by atoms with Crippen molar-refractivity contribution in [3.63, 3.8) is 0 Å². The van der Waals surface area contributed by atoms with Gasteiger partial charge in [-0.15, -0.1) is 0 Å². The van der Waals surface area contributed by atoms with Crippen LogP contribution in [-0.2, 0) is 11.3 Å². The van der Waals surface area contributed by atoms with Crippen molar-refractivity contribution < 1.29 is 9.53 Å².